The smallest absolute Gasteiger partial charge is 0.0234 e. The summed E-state index contributed by atoms with van der Waals surface area (Å²) in [6, 6.07) is 9.42. The average Bonchev–Trinajstić information content (AvgIpc) is 2.89. The lowest BCUT2D eigenvalue weighted by molar-refractivity contribution is 0.258. The van der Waals surface area contributed by atoms with E-state index >= 15 is 0 Å². The minimum atomic E-state index is 0. The molecule has 0 atom stereocenters. The first-order valence-corrected chi connectivity index (χ1v) is 14.7. The Morgan fingerprint density at radius 1 is 0.405 bits per heavy atom. The molecule has 0 unspecified atom stereocenters. The lowest BCUT2D eigenvalue weighted by atomic mass is 10.1. The Bertz CT molecular complexity index is 565. The van der Waals surface area contributed by atoms with Crippen LogP contribution >= 0.6 is 12.4 Å². The molecule has 1 aromatic carbocycles. The Hall–Kier alpha value is -0.810. The number of benzene rings is 1. The van der Waals surface area contributed by atoms with Gasteiger partial charge in [0.2, 0.25) is 0 Å². The van der Waals surface area contributed by atoms with Crippen molar-refractivity contribution in [3.05, 3.63) is 35.4 Å². The lowest BCUT2D eigenvalue weighted by Crippen LogP contribution is -2.36. The predicted octanol–water partition coefficient (Wildman–Crippen LogP) is 0.838. The molecule has 2 aliphatic rings. The fourth-order valence-corrected chi connectivity index (χ4v) is 4.92. The van der Waals surface area contributed by atoms with Gasteiger partial charge in [-0.15, -0.1) is 12.4 Å². The van der Waals surface area contributed by atoms with Crippen molar-refractivity contribution in [2.24, 2.45) is 0 Å². The van der Waals surface area contributed by atoms with Gasteiger partial charge in [0.15, 0.2) is 0 Å². The first kappa shape index (κ1) is 32.4. The molecule has 0 spiro atoms. The maximum absolute atomic E-state index is 3.63. The van der Waals surface area contributed by atoms with Gasteiger partial charge in [0.05, 0.1) is 0 Å². The zero-order chi connectivity index (χ0) is 24.9. The molecule has 0 aliphatic carbocycles. The van der Waals surface area contributed by atoms with Gasteiger partial charge in [-0.3, -0.25) is 9.80 Å². The quantitative estimate of drug-likeness (QED) is 0.337. The Kier molecular flexibility index (Phi) is 19.3. The van der Waals surface area contributed by atoms with Crippen molar-refractivity contribution in [1.82, 2.24) is 41.7 Å². The van der Waals surface area contributed by atoms with Crippen LogP contribution in [-0.4, -0.2) is 115 Å². The minimum absolute atomic E-state index is 0. The van der Waals surface area contributed by atoms with Crippen molar-refractivity contribution in [3.63, 3.8) is 0 Å². The van der Waals surface area contributed by atoms with Crippen LogP contribution in [0.2, 0.25) is 0 Å². The zero-order valence-corrected chi connectivity index (χ0v) is 24.0. The van der Waals surface area contributed by atoms with Crippen molar-refractivity contribution in [1.29, 1.82) is 0 Å². The molecular formula is C28H55ClN8. The molecule has 9 heteroatoms. The molecule has 2 fully saturated rings. The van der Waals surface area contributed by atoms with E-state index in [0.29, 0.717) is 0 Å². The van der Waals surface area contributed by atoms with Gasteiger partial charge in [-0.25, -0.2) is 0 Å². The SMILES string of the molecule is Cl.c1cc(CN2CCCNCCNCCCNCC2)ccc1CN1CCCNCCNCCCNCC1. The number of nitrogens with zero attached hydrogens (tertiary/aromatic N) is 2. The first-order valence-electron chi connectivity index (χ1n) is 14.7. The monoisotopic (exact) mass is 538 g/mol. The van der Waals surface area contributed by atoms with E-state index in [-0.39, 0.29) is 12.4 Å². The topological polar surface area (TPSA) is 78.7 Å². The summed E-state index contributed by atoms with van der Waals surface area (Å²) >= 11 is 0. The number of halogens is 1. The minimum Gasteiger partial charge on any atom is -0.315 e. The number of hydrogen-bond donors (Lipinski definition) is 6. The molecule has 0 aromatic heterocycles. The van der Waals surface area contributed by atoms with Crippen LogP contribution in [0.15, 0.2) is 24.3 Å². The van der Waals surface area contributed by atoms with E-state index in [4.69, 9.17) is 0 Å². The maximum atomic E-state index is 3.63. The van der Waals surface area contributed by atoms with Gasteiger partial charge in [-0.1, -0.05) is 24.3 Å². The highest BCUT2D eigenvalue weighted by molar-refractivity contribution is 5.85. The van der Waals surface area contributed by atoms with Crippen molar-refractivity contribution < 1.29 is 0 Å². The van der Waals surface area contributed by atoms with Gasteiger partial charge < -0.3 is 31.9 Å². The van der Waals surface area contributed by atoms with Gasteiger partial charge in [0.25, 0.3) is 0 Å². The molecule has 6 N–H and O–H groups in total. The van der Waals surface area contributed by atoms with Crippen molar-refractivity contribution in [3.8, 4) is 0 Å². The molecule has 2 saturated heterocycles. The summed E-state index contributed by atoms with van der Waals surface area (Å²) in [5, 5.41) is 21.4. The Morgan fingerprint density at radius 3 is 1.11 bits per heavy atom. The summed E-state index contributed by atoms with van der Waals surface area (Å²) in [4.78, 5) is 5.23. The Morgan fingerprint density at radius 2 is 0.730 bits per heavy atom. The van der Waals surface area contributed by atoms with E-state index in [1.165, 1.54) is 36.8 Å². The second kappa shape index (κ2) is 22.1. The standard InChI is InChI=1S/C28H54N8.ClH/c1-9-29-15-17-31-13-3-21-35(23-19-33-11-1)25-27-5-7-28(8-6-27)26-36-22-4-14-32-18-16-30-10-2-12-34-20-24-36;/h5-8,29-34H,1-4,9-26H2;1H. The van der Waals surface area contributed by atoms with Crippen LogP contribution in [0.3, 0.4) is 0 Å². The zero-order valence-electron chi connectivity index (χ0n) is 23.2. The molecule has 2 aliphatic heterocycles. The molecule has 0 saturated carbocycles. The van der Waals surface area contributed by atoms with Crippen molar-refractivity contribution in [2.75, 3.05) is 105 Å². The summed E-state index contributed by atoms with van der Waals surface area (Å²) in [6.45, 7) is 19.6. The molecule has 0 radical (unpaired) electrons. The van der Waals surface area contributed by atoms with Crippen LogP contribution in [-0.2, 0) is 13.1 Å². The third kappa shape index (κ3) is 16.0. The number of hydrogen-bond acceptors (Lipinski definition) is 8. The highest BCUT2D eigenvalue weighted by Gasteiger charge is 2.09. The van der Waals surface area contributed by atoms with Crippen LogP contribution in [0.5, 0.6) is 0 Å². The summed E-state index contributed by atoms with van der Waals surface area (Å²) in [6.07, 6.45) is 4.80. The highest BCUT2D eigenvalue weighted by Crippen LogP contribution is 2.11. The molecule has 8 nitrogen and oxygen atoms in total. The molecule has 3 rings (SSSR count). The normalized spacial score (nSPS) is 22.3. The predicted molar refractivity (Wildman–Crippen MR) is 160 cm³/mol. The highest BCUT2D eigenvalue weighted by atomic mass is 35.5. The van der Waals surface area contributed by atoms with Crippen LogP contribution in [0.4, 0.5) is 0 Å². The van der Waals surface area contributed by atoms with Gasteiger partial charge in [-0.2, -0.15) is 0 Å². The van der Waals surface area contributed by atoms with Crippen LogP contribution in [0.1, 0.15) is 36.8 Å². The average molecular weight is 539 g/mol. The van der Waals surface area contributed by atoms with E-state index in [0.717, 1.165) is 118 Å². The molecule has 37 heavy (non-hydrogen) atoms. The van der Waals surface area contributed by atoms with Gasteiger partial charge in [-0.05, 0) is 89.2 Å². The third-order valence-electron chi connectivity index (χ3n) is 7.07. The summed E-state index contributed by atoms with van der Waals surface area (Å²) in [5.41, 5.74) is 2.86. The largest absolute Gasteiger partial charge is 0.315 e. The molecule has 0 bridgehead atoms. The van der Waals surface area contributed by atoms with Gasteiger partial charge in [0, 0.05) is 65.4 Å². The fourth-order valence-electron chi connectivity index (χ4n) is 4.92. The first-order chi connectivity index (χ1) is 17.9. The number of rotatable bonds is 4. The third-order valence-corrected chi connectivity index (χ3v) is 7.07. The van der Waals surface area contributed by atoms with E-state index in [1.807, 2.05) is 0 Å². The van der Waals surface area contributed by atoms with Crippen molar-refractivity contribution in [2.45, 2.75) is 38.8 Å². The number of nitrogens with one attached hydrogen (secondary N) is 6. The van der Waals surface area contributed by atoms with Crippen LogP contribution < -0.4 is 31.9 Å². The van der Waals surface area contributed by atoms with E-state index in [2.05, 4.69) is 66.0 Å². The van der Waals surface area contributed by atoms with Crippen molar-refractivity contribution >= 4 is 12.4 Å². The summed E-state index contributed by atoms with van der Waals surface area (Å²) in [5.74, 6) is 0. The van der Waals surface area contributed by atoms with Crippen LogP contribution in [0.25, 0.3) is 0 Å². The Balaban J connectivity index is 0.00000481. The lowest BCUT2D eigenvalue weighted by Gasteiger charge is -2.24. The maximum Gasteiger partial charge on any atom is 0.0234 e. The van der Waals surface area contributed by atoms with E-state index in [9.17, 15) is 0 Å². The summed E-state index contributed by atoms with van der Waals surface area (Å²) in [7, 11) is 0. The molecular weight excluding hydrogens is 484 g/mol. The van der Waals surface area contributed by atoms with E-state index in [1.54, 1.807) is 0 Å². The molecule has 2 heterocycles. The summed E-state index contributed by atoms with van der Waals surface area (Å²) < 4.78 is 0. The molecule has 214 valence electrons. The second-order valence-electron chi connectivity index (χ2n) is 10.3. The van der Waals surface area contributed by atoms with Gasteiger partial charge >= 0.3 is 0 Å². The second-order valence-corrected chi connectivity index (χ2v) is 10.3. The van der Waals surface area contributed by atoms with Crippen LogP contribution in [0, 0.1) is 0 Å². The molecule has 0 amide bonds. The molecule has 1 aromatic rings. The fraction of sp³-hybridized carbons (Fsp3) is 0.786. The van der Waals surface area contributed by atoms with E-state index < -0.39 is 0 Å². The van der Waals surface area contributed by atoms with Gasteiger partial charge in [0.1, 0.15) is 0 Å². The Labute approximate surface area is 232 Å².